The fraction of sp³-hybridized carbons (Fsp3) is 0.296. The second kappa shape index (κ2) is 11.4. The number of methoxy groups -OCH3 is 2. The van der Waals surface area contributed by atoms with Crippen LogP contribution in [0.15, 0.2) is 60.7 Å². The number of Topliss-reactive ketones (excluding diaryl/α,β-unsaturated/α-hetero) is 1. The maximum absolute atomic E-state index is 13.4. The van der Waals surface area contributed by atoms with Crippen LogP contribution in [-0.2, 0) is 16.1 Å². The highest BCUT2D eigenvalue weighted by Gasteiger charge is 2.47. The monoisotopic (exact) mass is 525 g/mol. The molecule has 0 saturated carbocycles. The molecule has 1 aliphatic rings. The third-order valence-electron chi connectivity index (χ3n) is 6.15. The van der Waals surface area contributed by atoms with Crippen molar-refractivity contribution in [3.8, 4) is 17.2 Å². The van der Waals surface area contributed by atoms with Crippen molar-refractivity contribution >= 4 is 29.1 Å². The smallest absolute Gasteiger partial charge is 0.295 e. The van der Waals surface area contributed by atoms with E-state index in [-0.39, 0.29) is 28.5 Å². The minimum atomic E-state index is -0.904. The van der Waals surface area contributed by atoms with Crippen LogP contribution in [0.5, 0.6) is 17.2 Å². The van der Waals surface area contributed by atoms with Gasteiger partial charge in [0.05, 0.1) is 43.8 Å². The number of carbonyl (C=O) groups is 2. The highest BCUT2D eigenvalue weighted by atomic mass is 35.5. The molecule has 0 aliphatic carbocycles. The number of hydrogen-bond donors (Lipinski definition) is 1. The lowest BCUT2D eigenvalue weighted by Crippen LogP contribution is -2.31. The molecule has 1 N–H and O–H groups in total. The van der Waals surface area contributed by atoms with Gasteiger partial charge in [0.15, 0.2) is 0 Å². The van der Waals surface area contributed by atoms with Gasteiger partial charge in [-0.1, -0.05) is 11.6 Å². The van der Waals surface area contributed by atoms with E-state index in [1.807, 2.05) is 17.7 Å². The summed E-state index contributed by atoms with van der Waals surface area (Å²) in [6.45, 7) is 3.11. The summed E-state index contributed by atoms with van der Waals surface area (Å²) in [6.07, 6.45) is 5.75. The summed E-state index contributed by atoms with van der Waals surface area (Å²) in [5.41, 5.74) is 0.749. The number of hydrogen-bond acceptors (Lipinski definition) is 7. The fourth-order valence-electron chi connectivity index (χ4n) is 4.41. The molecule has 0 spiro atoms. The largest absolute Gasteiger partial charge is 0.507 e. The number of aromatic nitrogens is 2. The third kappa shape index (κ3) is 5.27. The molecule has 2 aromatic carbocycles. The summed E-state index contributed by atoms with van der Waals surface area (Å²) in [6, 6.07) is 8.94. The van der Waals surface area contributed by atoms with E-state index in [4.69, 9.17) is 25.8 Å². The Morgan fingerprint density at radius 3 is 2.51 bits per heavy atom. The van der Waals surface area contributed by atoms with Gasteiger partial charge in [0, 0.05) is 36.6 Å². The summed E-state index contributed by atoms with van der Waals surface area (Å²) >= 11 is 6.35. The second-order valence-corrected chi connectivity index (χ2v) is 8.74. The van der Waals surface area contributed by atoms with Crippen molar-refractivity contribution in [1.29, 1.82) is 0 Å². The molecule has 3 aromatic rings. The van der Waals surface area contributed by atoms with Crippen LogP contribution < -0.4 is 14.2 Å². The molecule has 1 aliphatic heterocycles. The molecular formula is C27H28ClN3O6. The third-order valence-corrected chi connectivity index (χ3v) is 6.45. The zero-order valence-corrected chi connectivity index (χ0v) is 21.6. The van der Waals surface area contributed by atoms with E-state index in [1.165, 1.54) is 25.2 Å². The van der Waals surface area contributed by atoms with Gasteiger partial charge in [-0.3, -0.25) is 9.59 Å². The normalized spacial score (nSPS) is 16.8. The van der Waals surface area contributed by atoms with E-state index in [2.05, 4.69) is 4.98 Å². The van der Waals surface area contributed by atoms with Gasteiger partial charge in [-0.25, -0.2) is 4.98 Å². The summed E-state index contributed by atoms with van der Waals surface area (Å²) < 4.78 is 18.3. The summed E-state index contributed by atoms with van der Waals surface area (Å²) in [7, 11) is 3.03. The van der Waals surface area contributed by atoms with Gasteiger partial charge < -0.3 is 28.8 Å². The number of ketones is 1. The van der Waals surface area contributed by atoms with Crippen molar-refractivity contribution in [3.05, 3.63) is 76.8 Å². The number of aliphatic hydroxyl groups excluding tert-OH is 1. The van der Waals surface area contributed by atoms with Crippen LogP contribution in [0.2, 0.25) is 5.02 Å². The molecule has 1 fully saturated rings. The molecule has 1 amide bonds. The molecule has 1 saturated heterocycles. The number of likely N-dealkylation sites (tertiary alicyclic amines) is 1. The zero-order valence-electron chi connectivity index (χ0n) is 20.8. The van der Waals surface area contributed by atoms with Crippen molar-refractivity contribution in [2.45, 2.75) is 25.9 Å². The standard InChI is InChI=1S/C27H28ClN3O6/c1-4-37-22-8-6-17(14-20(22)28)25(32)23-24(19-15-18(35-2)7-9-21(19)36-3)31(27(34)26(23)33)12-5-11-30-13-10-29-16-30/h6-10,13-16,24,32H,4-5,11-12H2,1-3H3/t24-/m0/s1. The number of aliphatic hydroxyl groups is 1. The fourth-order valence-corrected chi connectivity index (χ4v) is 4.64. The number of rotatable bonds is 10. The van der Waals surface area contributed by atoms with Gasteiger partial charge in [-0.05, 0) is 49.7 Å². The quantitative estimate of drug-likeness (QED) is 0.237. The van der Waals surface area contributed by atoms with Gasteiger partial charge in [-0.15, -0.1) is 0 Å². The topological polar surface area (TPSA) is 103 Å². The molecule has 9 nitrogen and oxygen atoms in total. The van der Waals surface area contributed by atoms with Gasteiger partial charge in [0.25, 0.3) is 11.7 Å². The summed E-state index contributed by atoms with van der Waals surface area (Å²) in [5.74, 6) is -0.423. The maximum Gasteiger partial charge on any atom is 0.295 e. The van der Waals surface area contributed by atoms with Crippen molar-refractivity contribution in [2.24, 2.45) is 0 Å². The summed E-state index contributed by atoms with van der Waals surface area (Å²) in [4.78, 5) is 32.1. The Labute approximate surface area is 219 Å². The zero-order chi connectivity index (χ0) is 26.5. The van der Waals surface area contributed by atoms with Crippen LogP contribution in [0.25, 0.3) is 5.76 Å². The Balaban J connectivity index is 1.81. The van der Waals surface area contributed by atoms with Crippen LogP contribution in [0, 0.1) is 0 Å². The van der Waals surface area contributed by atoms with E-state index >= 15 is 0 Å². The minimum absolute atomic E-state index is 0.0561. The number of amides is 1. The number of aryl methyl sites for hydroxylation is 1. The van der Waals surface area contributed by atoms with Crippen molar-refractivity contribution in [1.82, 2.24) is 14.5 Å². The van der Waals surface area contributed by atoms with Crippen molar-refractivity contribution in [2.75, 3.05) is 27.4 Å². The molecule has 0 bridgehead atoms. The van der Waals surface area contributed by atoms with Crippen LogP contribution in [0.1, 0.15) is 30.5 Å². The number of imidazole rings is 1. The van der Waals surface area contributed by atoms with Crippen LogP contribution in [0.3, 0.4) is 0 Å². The first-order chi connectivity index (χ1) is 17.9. The Bertz CT molecular complexity index is 1320. The minimum Gasteiger partial charge on any atom is -0.507 e. The highest BCUT2D eigenvalue weighted by molar-refractivity contribution is 6.46. The molecule has 10 heteroatoms. The summed E-state index contributed by atoms with van der Waals surface area (Å²) in [5, 5.41) is 11.6. The van der Waals surface area contributed by atoms with Crippen LogP contribution in [0.4, 0.5) is 0 Å². The van der Waals surface area contributed by atoms with E-state index < -0.39 is 17.7 Å². The average molecular weight is 526 g/mol. The lowest BCUT2D eigenvalue weighted by molar-refractivity contribution is -0.140. The molecule has 1 aromatic heterocycles. The van der Waals surface area contributed by atoms with Crippen molar-refractivity contribution < 1.29 is 28.9 Å². The highest BCUT2D eigenvalue weighted by Crippen LogP contribution is 2.44. The number of halogens is 1. The van der Waals surface area contributed by atoms with Crippen molar-refractivity contribution in [3.63, 3.8) is 0 Å². The Morgan fingerprint density at radius 2 is 1.86 bits per heavy atom. The van der Waals surface area contributed by atoms with Gasteiger partial charge in [-0.2, -0.15) is 0 Å². The average Bonchev–Trinajstić information content (AvgIpc) is 3.51. The first-order valence-electron chi connectivity index (χ1n) is 11.8. The SMILES string of the molecule is CCOc1ccc(C(O)=C2C(=O)C(=O)N(CCCn3ccnc3)[C@H]2c2cc(OC)ccc2OC)cc1Cl. The van der Waals surface area contributed by atoms with Crippen LogP contribution >= 0.6 is 11.6 Å². The molecule has 0 radical (unpaired) electrons. The molecule has 0 unspecified atom stereocenters. The van der Waals surface area contributed by atoms with Gasteiger partial charge in [0.2, 0.25) is 0 Å². The number of carbonyl (C=O) groups excluding carboxylic acids is 2. The molecular weight excluding hydrogens is 498 g/mol. The first-order valence-corrected chi connectivity index (χ1v) is 12.2. The predicted molar refractivity (Wildman–Crippen MR) is 138 cm³/mol. The predicted octanol–water partition coefficient (Wildman–Crippen LogP) is 4.46. The first kappa shape index (κ1) is 26.1. The second-order valence-electron chi connectivity index (χ2n) is 8.33. The Kier molecular flexibility index (Phi) is 8.03. The number of nitrogens with zero attached hydrogens (tertiary/aromatic N) is 3. The number of ether oxygens (including phenoxy) is 3. The van der Waals surface area contributed by atoms with E-state index in [1.54, 1.807) is 42.9 Å². The van der Waals surface area contributed by atoms with E-state index in [0.717, 1.165) is 0 Å². The maximum atomic E-state index is 13.4. The van der Waals surface area contributed by atoms with Gasteiger partial charge in [0.1, 0.15) is 23.0 Å². The number of benzene rings is 2. The lowest BCUT2D eigenvalue weighted by atomic mass is 9.94. The van der Waals surface area contributed by atoms with E-state index in [9.17, 15) is 14.7 Å². The Morgan fingerprint density at radius 1 is 1.08 bits per heavy atom. The Hall–Kier alpha value is -3.98. The lowest BCUT2D eigenvalue weighted by Gasteiger charge is -2.27. The molecule has 1 atom stereocenters. The molecule has 2 heterocycles. The van der Waals surface area contributed by atoms with Crippen LogP contribution in [-0.4, -0.2) is 58.6 Å². The van der Waals surface area contributed by atoms with Gasteiger partial charge >= 0.3 is 0 Å². The molecule has 194 valence electrons. The molecule has 37 heavy (non-hydrogen) atoms. The molecule has 4 rings (SSSR count). The van der Waals surface area contributed by atoms with E-state index in [0.29, 0.717) is 42.4 Å².